The number of hydrogen-bond acceptors (Lipinski definition) is 5. The van der Waals surface area contributed by atoms with Crippen molar-refractivity contribution in [1.29, 1.82) is 0 Å². The molecule has 0 unspecified atom stereocenters. The Hall–Kier alpha value is -3.30. The Morgan fingerprint density at radius 1 is 1.33 bits per heavy atom. The molecule has 1 saturated heterocycles. The first-order valence-electron chi connectivity index (χ1n) is 8.78. The van der Waals surface area contributed by atoms with E-state index < -0.39 is 0 Å². The van der Waals surface area contributed by atoms with E-state index in [1.807, 2.05) is 6.92 Å². The van der Waals surface area contributed by atoms with E-state index in [1.165, 1.54) is 7.11 Å². The summed E-state index contributed by atoms with van der Waals surface area (Å²) in [7, 11) is 1.52. The summed E-state index contributed by atoms with van der Waals surface area (Å²) < 4.78 is 5.35. The number of nitrogens with one attached hydrogen (secondary N) is 4. The number of methoxy groups -OCH3 is 1. The van der Waals surface area contributed by atoms with Crippen LogP contribution in [0.3, 0.4) is 0 Å². The summed E-state index contributed by atoms with van der Waals surface area (Å²) in [6.45, 7) is 3.07. The molecule has 10 heteroatoms. The van der Waals surface area contributed by atoms with Gasteiger partial charge in [-0.3, -0.25) is 5.10 Å². The van der Waals surface area contributed by atoms with Crippen LogP contribution in [-0.4, -0.2) is 56.3 Å². The number of ether oxygens (including phenoxy) is 1. The number of piperidine rings is 1. The maximum Gasteiger partial charge on any atom is 0.323 e. The zero-order valence-corrected chi connectivity index (χ0v) is 15.1. The summed E-state index contributed by atoms with van der Waals surface area (Å²) in [4.78, 5) is 35.8. The highest BCUT2D eigenvalue weighted by molar-refractivity contribution is 5.94. The van der Waals surface area contributed by atoms with Crippen LogP contribution in [0.15, 0.2) is 16.9 Å². The average molecular weight is 371 g/mol. The lowest BCUT2D eigenvalue weighted by molar-refractivity contribution is 0.191. The van der Waals surface area contributed by atoms with Gasteiger partial charge in [-0.1, -0.05) is 0 Å². The molecule has 2 amide bonds. The van der Waals surface area contributed by atoms with Crippen LogP contribution >= 0.6 is 0 Å². The first-order chi connectivity index (χ1) is 13.0. The molecule has 0 saturated carbocycles. The van der Waals surface area contributed by atoms with Crippen molar-refractivity contribution >= 4 is 22.8 Å². The van der Waals surface area contributed by atoms with Gasteiger partial charge < -0.3 is 24.9 Å². The first-order valence-corrected chi connectivity index (χ1v) is 8.78. The average Bonchev–Trinajstić information content (AvgIpc) is 3.25. The van der Waals surface area contributed by atoms with Crippen molar-refractivity contribution < 1.29 is 9.53 Å². The summed E-state index contributed by atoms with van der Waals surface area (Å²) >= 11 is 0. The number of aromatic amines is 3. The Bertz CT molecular complexity index is 1030. The number of imidazole rings is 1. The van der Waals surface area contributed by atoms with E-state index in [4.69, 9.17) is 4.74 Å². The van der Waals surface area contributed by atoms with Gasteiger partial charge >= 0.3 is 11.7 Å². The molecule has 2 aromatic heterocycles. The lowest BCUT2D eigenvalue weighted by Crippen LogP contribution is -2.41. The number of anilines is 1. The second-order valence-corrected chi connectivity index (χ2v) is 6.67. The number of fused-ring (bicyclic) bond motifs is 1. The molecule has 1 aromatic carbocycles. The van der Waals surface area contributed by atoms with Crippen molar-refractivity contribution in [3.05, 3.63) is 34.3 Å². The molecular weight excluding hydrogens is 350 g/mol. The Morgan fingerprint density at radius 2 is 2.11 bits per heavy atom. The van der Waals surface area contributed by atoms with Gasteiger partial charge in [0.25, 0.3) is 0 Å². The first kappa shape index (κ1) is 17.1. The number of benzene rings is 1. The standard InChI is InChI=1S/C17H21N7O3/c1-9-18-15(23-22-9)10-4-3-5-24(8-10)17(26)21-13-6-11-12(7-14(13)27-2)20-16(25)19-11/h6-7,10H,3-5,8H2,1-2H3,(H,21,26)(H,18,22,23)(H2,19,20,25)/t10-/m0/s1. The molecule has 142 valence electrons. The third-order valence-electron chi connectivity index (χ3n) is 4.77. The number of rotatable bonds is 3. The van der Waals surface area contributed by atoms with E-state index in [2.05, 4.69) is 30.5 Å². The largest absolute Gasteiger partial charge is 0.494 e. The third kappa shape index (κ3) is 3.37. The molecule has 0 aliphatic carbocycles. The third-order valence-corrected chi connectivity index (χ3v) is 4.77. The van der Waals surface area contributed by atoms with Crippen molar-refractivity contribution in [1.82, 2.24) is 30.0 Å². The molecule has 4 rings (SSSR count). The Morgan fingerprint density at radius 3 is 2.81 bits per heavy atom. The van der Waals surface area contributed by atoms with E-state index in [0.29, 0.717) is 35.6 Å². The van der Waals surface area contributed by atoms with Gasteiger partial charge in [-0.15, -0.1) is 0 Å². The van der Waals surface area contributed by atoms with E-state index in [9.17, 15) is 9.59 Å². The number of nitrogens with zero attached hydrogens (tertiary/aromatic N) is 3. The highest BCUT2D eigenvalue weighted by Gasteiger charge is 2.27. The molecule has 1 fully saturated rings. The van der Waals surface area contributed by atoms with Gasteiger partial charge in [0, 0.05) is 25.1 Å². The van der Waals surface area contributed by atoms with Crippen LogP contribution < -0.4 is 15.7 Å². The number of aryl methyl sites for hydroxylation is 1. The molecule has 0 radical (unpaired) electrons. The van der Waals surface area contributed by atoms with E-state index in [0.717, 1.165) is 24.5 Å². The second kappa shape index (κ2) is 6.78. The maximum absolute atomic E-state index is 12.8. The fourth-order valence-corrected chi connectivity index (χ4v) is 3.44. The van der Waals surface area contributed by atoms with Crippen molar-refractivity contribution in [2.75, 3.05) is 25.5 Å². The topological polar surface area (TPSA) is 132 Å². The lowest BCUT2D eigenvalue weighted by atomic mass is 9.97. The van der Waals surface area contributed by atoms with Crippen LogP contribution in [0.5, 0.6) is 5.75 Å². The highest BCUT2D eigenvalue weighted by atomic mass is 16.5. The van der Waals surface area contributed by atoms with Crippen molar-refractivity contribution in [3.8, 4) is 5.75 Å². The molecular formula is C17H21N7O3. The second-order valence-electron chi connectivity index (χ2n) is 6.67. The summed E-state index contributed by atoms with van der Waals surface area (Å²) in [6.07, 6.45) is 1.83. The summed E-state index contributed by atoms with van der Waals surface area (Å²) in [6, 6.07) is 3.14. The molecule has 0 bridgehead atoms. The number of H-pyrrole nitrogens is 3. The Labute approximate surface area is 154 Å². The fraction of sp³-hybridized carbons (Fsp3) is 0.412. The normalized spacial score (nSPS) is 17.3. The number of carbonyl (C=O) groups excluding carboxylic acids is 1. The molecule has 27 heavy (non-hydrogen) atoms. The number of hydrogen-bond donors (Lipinski definition) is 4. The van der Waals surface area contributed by atoms with Crippen molar-refractivity contribution in [2.45, 2.75) is 25.7 Å². The van der Waals surface area contributed by atoms with Crippen molar-refractivity contribution in [2.24, 2.45) is 0 Å². The molecule has 0 spiro atoms. The predicted molar refractivity (Wildman–Crippen MR) is 99.2 cm³/mol. The van der Waals surface area contributed by atoms with Crippen LogP contribution in [0.1, 0.15) is 30.4 Å². The van der Waals surface area contributed by atoms with Gasteiger partial charge in [0.15, 0.2) is 5.82 Å². The number of urea groups is 1. The zero-order chi connectivity index (χ0) is 19.0. The van der Waals surface area contributed by atoms with Crippen LogP contribution in [0.4, 0.5) is 10.5 Å². The summed E-state index contributed by atoms with van der Waals surface area (Å²) in [5.74, 6) is 2.10. The number of likely N-dealkylation sites (tertiary alicyclic amines) is 1. The molecule has 1 atom stereocenters. The monoisotopic (exact) mass is 371 g/mol. The van der Waals surface area contributed by atoms with Gasteiger partial charge in [0.05, 0.1) is 23.8 Å². The zero-order valence-electron chi connectivity index (χ0n) is 15.1. The smallest absolute Gasteiger partial charge is 0.323 e. The van der Waals surface area contributed by atoms with Crippen molar-refractivity contribution in [3.63, 3.8) is 0 Å². The van der Waals surface area contributed by atoms with Gasteiger partial charge in [-0.05, 0) is 25.8 Å². The quantitative estimate of drug-likeness (QED) is 0.556. The van der Waals surface area contributed by atoms with Gasteiger partial charge in [0.1, 0.15) is 11.6 Å². The van der Waals surface area contributed by atoms with Crippen LogP contribution in [0, 0.1) is 6.92 Å². The van der Waals surface area contributed by atoms with Crippen LogP contribution in [0.25, 0.3) is 11.0 Å². The van der Waals surface area contributed by atoms with Crippen LogP contribution in [0.2, 0.25) is 0 Å². The van der Waals surface area contributed by atoms with E-state index >= 15 is 0 Å². The maximum atomic E-state index is 12.8. The molecule has 10 nitrogen and oxygen atoms in total. The minimum absolute atomic E-state index is 0.111. The Balaban J connectivity index is 1.53. The number of amides is 2. The molecule has 4 N–H and O–H groups in total. The summed E-state index contributed by atoms with van der Waals surface area (Å²) in [5, 5.41) is 9.97. The van der Waals surface area contributed by atoms with Gasteiger partial charge in [-0.25, -0.2) is 14.6 Å². The SMILES string of the molecule is COc1cc2[nH]c(=O)[nH]c2cc1NC(=O)N1CCC[C@H](c2n[nH]c(C)n2)C1. The van der Waals surface area contributed by atoms with Gasteiger partial charge in [0.2, 0.25) is 0 Å². The van der Waals surface area contributed by atoms with E-state index in [1.54, 1.807) is 17.0 Å². The minimum Gasteiger partial charge on any atom is -0.494 e. The molecule has 1 aliphatic rings. The highest BCUT2D eigenvalue weighted by Crippen LogP contribution is 2.30. The molecule has 1 aliphatic heterocycles. The fourth-order valence-electron chi connectivity index (χ4n) is 3.44. The number of aromatic nitrogens is 5. The number of carbonyl (C=O) groups is 1. The Kier molecular flexibility index (Phi) is 4.30. The molecule has 3 aromatic rings. The predicted octanol–water partition coefficient (Wildman–Crippen LogP) is 1.70. The van der Waals surface area contributed by atoms with Crippen LogP contribution in [-0.2, 0) is 0 Å². The minimum atomic E-state index is -0.309. The molecule has 3 heterocycles. The lowest BCUT2D eigenvalue weighted by Gasteiger charge is -2.31. The van der Waals surface area contributed by atoms with E-state index in [-0.39, 0.29) is 17.6 Å². The summed E-state index contributed by atoms with van der Waals surface area (Å²) in [5.41, 5.74) is 1.41. The van der Waals surface area contributed by atoms with Gasteiger partial charge in [-0.2, -0.15) is 5.10 Å².